The van der Waals surface area contributed by atoms with E-state index in [-0.39, 0.29) is 16.4 Å². The third-order valence-corrected chi connectivity index (χ3v) is 3.87. The first-order valence-corrected chi connectivity index (χ1v) is 7.82. The molecule has 0 aliphatic carbocycles. The van der Waals surface area contributed by atoms with Crippen LogP contribution in [0.1, 0.15) is 29.1 Å². The molecule has 0 fully saturated rings. The number of carbonyl (C=O) groups is 1. The van der Waals surface area contributed by atoms with E-state index in [0.717, 1.165) is 0 Å². The standard InChI is InChI=1S/C15H17ClN4O5/c1-2-19-7-11(16)13(18-19)15(23)17-12(8-21)14(22)9-3-5-10(6-4-9)20(24)25/h3-7,12,14,21-22H,2,8H2,1H3,(H,17,23). The van der Waals surface area contributed by atoms with Crippen LogP contribution in [0.25, 0.3) is 0 Å². The van der Waals surface area contributed by atoms with E-state index in [9.17, 15) is 25.1 Å². The second-order valence-electron chi connectivity index (χ2n) is 5.24. The number of nitro groups is 1. The van der Waals surface area contributed by atoms with E-state index in [2.05, 4.69) is 10.4 Å². The third kappa shape index (κ3) is 4.32. The lowest BCUT2D eigenvalue weighted by Gasteiger charge is -2.22. The van der Waals surface area contributed by atoms with E-state index < -0.39 is 29.6 Å². The summed E-state index contributed by atoms with van der Waals surface area (Å²) in [6.07, 6.45) is 0.235. The van der Waals surface area contributed by atoms with Gasteiger partial charge in [0.05, 0.1) is 22.6 Å². The van der Waals surface area contributed by atoms with Crippen LogP contribution in [-0.2, 0) is 6.54 Å². The number of aryl methyl sites for hydroxylation is 1. The van der Waals surface area contributed by atoms with Crippen molar-refractivity contribution < 1.29 is 19.9 Å². The predicted octanol–water partition coefficient (Wildman–Crippen LogP) is 1.29. The summed E-state index contributed by atoms with van der Waals surface area (Å²) in [6.45, 7) is 1.82. The summed E-state index contributed by atoms with van der Waals surface area (Å²) in [4.78, 5) is 22.4. The normalized spacial score (nSPS) is 13.3. The molecule has 2 atom stereocenters. The smallest absolute Gasteiger partial charge is 0.273 e. The molecule has 25 heavy (non-hydrogen) atoms. The van der Waals surface area contributed by atoms with Crippen molar-refractivity contribution in [3.05, 3.63) is 56.9 Å². The topological polar surface area (TPSA) is 131 Å². The SMILES string of the molecule is CCn1cc(Cl)c(C(=O)NC(CO)C(O)c2ccc([N+](=O)[O-])cc2)n1. The molecule has 10 heteroatoms. The van der Waals surface area contributed by atoms with Gasteiger partial charge in [0.1, 0.15) is 6.10 Å². The zero-order chi connectivity index (χ0) is 18.6. The molecule has 0 aliphatic rings. The first-order valence-electron chi connectivity index (χ1n) is 7.44. The van der Waals surface area contributed by atoms with Crippen LogP contribution >= 0.6 is 11.6 Å². The molecular formula is C15H17ClN4O5. The molecule has 1 aromatic carbocycles. The minimum atomic E-state index is -1.26. The van der Waals surface area contributed by atoms with Gasteiger partial charge in [0, 0.05) is 24.9 Å². The first-order chi connectivity index (χ1) is 11.9. The Morgan fingerprint density at radius 1 is 1.44 bits per heavy atom. The van der Waals surface area contributed by atoms with Crippen molar-refractivity contribution in [1.29, 1.82) is 0 Å². The van der Waals surface area contributed by atoms with Crippen molar-refractivity contribution in [1.82, 2.24) is 15.1 Å². The number of hydrogen-bond donors (Lipinski definition) is 3. The zero-order valence-electron chi connectivity index (χ0n) is 13.3. The maximum atomic E-state index is 12.3. The molecule has 0 aliphatic heterocycles. The van der Waals surface area contributed by atoms with Crippen LogP contribution in [0.5, 0.6) is 0 Å². The molecule has 1 amide bonds. The Hall–Kier alpha value is -2.49. The van der Waals surface area contributed by atoms with Crippen LogP contribution in [0.15, 0.2) is 30.5 Å². The van der Waals surface area contributed by atoms with E-state index in [0.29, 0.717) is 12.1 Å². The highest BCUT2D eigenvalue weighted by atomic mass is 35.5. The molecule has 2 rings (SSSR count). The van der Waals surface area contributed by atoms with E-state index in [1.807, 2.05) is 6.92 Å². The van der Waals surface area contributed by atoms with Crippen LogP contribution in [0.3, 0.4) is 0 Å². The van der Waals surface area contributed by atoms with Crippen LogP contribution in [0, 0.1) is 10.1 Å². The Kier molecular flexibility index (Phi) is 6.07. The molecule has 1 aromatic heterocycles. The number of nitro benzene ring substituents is 1. The zero-order valence-corrected chi connectivity index (χ0v) is 14.1. The van der Waals surface area contributed by atoms with E-state index >= 15 is 0 Å². The second kappa shape index (κ2) is 8.06. The van der Waals surface area contributed by atoms with Gasteiger partial charge in [0.15, 0.2) is 5.69 Å². The molecule has 0 saturated carbocycles. The number of aliphatic hydroxyl groups excluding tert-OH is 2. The summed E-state index contributed by atoms with van der Waals surface area (Å²) < 4.78 is 1.48. The summed E-state index contributed by atoms with van der Waals surface area (Å²) in [5.41, 5.74) is 0.172. The summed E-state index contributed by atoms with van der Waals surface area (Å²) in [5.74, 6) is -0.641. The fraction of sp³-hybridized carbons (Fsp3) is 0.333. The van der Waals surface area contributed by atoms with Gasteiger partial charge in [-0.05, 0) is 24.6 Å². The van der Waals surface area contributed by atoms with E-state index in [1.165, 1.54) is 35.1 Å². The summed E-state index contributed by atoms with van der Waals surface area (Å²) in [6, 6.07) is 4.15. The number of amides is 1. The lowest BCUT2D eigenvalue weighted by Crippen LogP contribution is -2.42. The van der Waals surface area contributed by atoms with Crippen LogP contribution in [0.4, 0.5) is 5.69 Å². The first kappa shape index (κ1) is 18.8. The number of benzene rings is 1. The third-order valence-electron chi connectivity index (χ3n) is 3.60. The summed E-state index contributed by atoms with van der Waals surface area (Å²) in [7, 11) is 0. The Labute approximate surface area is 148 Å². The molecule has 0 radical (unpaired) electrons. The van der Waals surface area contributed by atoms with Crippen molar-refractivity contribution >= 4 is 23.2 Å². The van der Waals surface area contributed by atoms with Gasteiger partial charge in [0.25, 0.3) is 11.6 Å². The minimum Gasteiger partial charge on any atom is -0.394 e. The van der Waals surface area contributed by atoms with Crippen molar-refractivity contribution in [2.45, 2.75) is 25.6 Å². The average molecular weight is 369 g/mol. The number of carbonyl (C=O) groups excluding carboxylic acids is 1. The fourth-order valence-corrected chi connectivity index (χ4v) is 2.44. The number of halogens is 1. The fourth-order valence-electron chi connectivity index (χ4n) is 2.20. The van der Waals surface area contributed by atoms with Gasteiger partial charge in [-0.2, -0.15) is 5.10 Å². The average Bonchev–Trinajstić information content (AvgIpc) is 3.00. The Morgan fingerprint density at radius 2 is 2.08 bits per heavy atom. The molecule has 3 N–H and O–H groups in total. The highest BCUT2D eigenvalue weighted by Gasteiger charge is 2.25. The summed E-state index contributed by atoms with van der Waals surface area (Å²) in [5, 5.41) is 37.1. The van der Waals surface area contributed by atoms with Gasteiger partial charge in [-0.3, -0.25) is 19.6 Å². The molecule has 2 aromatic rings. The van der Waals surface area contributed by atoms with Gasteiger partial charge in [-0.1, -0.05) is 11.6 Å². The highest BCUT2D eigenvalue weighted by Crippen LogP contribution is 2.21. The maximum absolute atomic E-state index is 12.3. The van der Waals surface area contributed by atoms with Crippen molar-refractivity contribution in [3.8, 4) is 0 Å². The molecule has 134 valence electrons. The predicted molar refractivity (Wildman–Crippen MR) is 89.3 cm³/mol. The monoisotopic (exact) mass is 368 g/mol. The minimum absolute atomic E-state index is 0.0159. The lowest BCUT2D eigenvalue weighted by atomic mass is 10.0. The highest BCUT2D eigenvalue weighted by molar-refractivity contribution is 6.33. The summed E-state index contributed by atoms with van der Waals surface area (Å²) >= 11 is 5.96. The molecule has 2 unspecified atom stereocenters. The number of aromatic nitrogens is 2. The van der Waals surface area contributed by atoms with Gasteiger partial charge in [-0.25, -0.2) is 0 Å². The molecule has 0 saturated heterocycles. The number of rotatable bonds is 7. The maximum Gasteiger partial charge on any atom is 0.273 e. The Morgan fingerprint density at radius 3 is 2.56 bits per heavy atom. The number of hydrogen-bond acceptors (Lipinski definition) is 6. The van der Waals surface area contributed by atoms with Gasteiger partial charge in [-0.15, -0.1) is 0 Å². The molecular weight excluding hydrogens is 352 g/mol. The Bertz CT molecular complexity index is 762. The van der Waals surface area contributed by atoms with Gasteiger partial charge >= 0.3 is 0 Å². The van der Waals surface area contributed by atoms with Crippen LogP contribution < -0.4 is 5.32 Å². The van der Waals surface area contributed by atoms with Gasteiger partial charge in [0.2, 0.25) is 0 Å². The van der Waals surface area contributed by atoms with E-state index in [4.69, 9.17) is 11.6 Å². The number of aliphatic hydroxyl groups is 2. The largest absolute Gasteiger partial charge is 0.394 e. The molecule has 0 spiro atoms. The molecule has 0 bridgehead atoms. The molecule has 9 nitrogen and oxygen atoms in total. The number of nitrogens with zero attached hydrogens (tertiary/aromatic N) is 3. The van der Waals surface area contributed by atoms with Crippen LogP contribution in [-0.4, -0.2) is 43.5 Å². The van der Waals surface area contributed by atoms with E-state index in [1.54, 1.807) is 0 Å². The molecule has 1 heterocycles. The second-order valence-corrected chi connectivity index (χ2v) is 5.64. The van der Waals surface area contributed by atoms with Crippen molar-refractivity contribution in [2.75, 3.05) is 6.61 Å². The number of nitrogens with one attached hydrogen (secondary N) is 1. The lowest BCUT2D eigenvalue weighted by molar-refractivity contribution is -0.384. The quantitative estimate of drug-likeness (QED) is 0.498. The van der Waals surface area contributed by atoms with Crippen molar-refractivity contribution in [3.63, 3.8) is 0 Å². The van der Waals surface area contributed by atoms with Crippen molar-refractivity contribution in [2.24, 2.45) is 0 Å². The number of non-ortho nitro benzene ring substituents is 1. The Balaban J connectivity index is 2.13. The van der Waals surface area contributed by atoms with Gasteiger partial charge < -0.3 is 15.5 Å². The van der Waals surface area contributed by atoms with Crippen LogP contribution in [0.2, 0.25) is 5.02 Å².